The van der Waals surface area contributed by atoms with Crippen molar-refractivity contribution in [1.82, 2.24) is 10.2 Å². The molecule has 2 rings (SSSR count). The van der Waals surface area contributed by atoms with E-state index in [2.05, 4.69) is 24.4 Å². The van der Waals surface area contributed by atoms with E-state index in [0.717, 1.165) is 12.0 Å². The minimum atomic E-state index is -0.804. The van der Waals surface area contributed by atoms with Crippen LogP contribution in [0.5, 0.6) is 0 Å². The van der Waals surface area contributed by atoms with Crippen molar-refractivity contribution < 1.29 is 9.00 Å². The minimum Gasteiger partial charge on any atom is -0.322 e. The van der Waals surface area contributed by atoms with Crippen molar-refractivity contribution in [2.75, 3.05) is 18.6 Å². The van der Waals surface area contributed by atoms with Crippen molar-refractivity contribution >= 4 is 16.7 Å². The fourth-order valence-electron chi connectivity index (χ4n) is 2.60. The number of aryl methyl sites for hydroxylation is 1. The van der Waals surface area contributed by atoms with Gasteiger partial charge in [0.1, 0.15) is 6.17 Å². The lowest BCUT2D eigenvalue weighted by molar-refractivity contribution is -0.129. The number of nitrogens with zero attached hydrogens (tertiary/aromatic N) is 1. The summed E-state index contributed by atoms with van der Waals surface area (Å²) in [5, 5.41) is 3.35. The van der Waals surface area contributed by atoms with Crippen molar-refractivity contribution in [3.8, 4) is 0 Å². The Morgan fingerprint density at radius 1 is 1.35 bits per heavy atom. The molecule has 0 radical (unpaired) electrons. The van der Waals surface area contributed by atoms with Crippen molar-refractivity contribution in [2.24, 2.45) is 0 Å². The number of benzene rings is 1. The van der Waals surface area contributed by atoms with E-state index in [1.54, 1.807) is 6.26 Å². The molecule has 3 unspecified atom stereocenters. The van der Waals surface area contributed by atoms with Crippen LogP contribution in [0, 0.1) is 6.92 Å². The first kappa shape index (κ1) is 15.2. The van der Waals surface area contributed by atoms with Gasteiger partial charge in [-0.3, -0.25) is 14.3 Å². The van der Waals surface area contributed by atoms with E-state index < -0.39 is 10.8 Å². The molecule has 110 valence electrons. The van der Waals surface area contributed by atoms with Crippen molar-refractivity contribution in [1.29, 1.82) is 0 Å². The molecule has 1 aromatic carbocycles. The Hall–Kier alpha value is -1.20. The third-order valence-electron chi connectivity index (χ3n) is 3.69. The topological polar surface area (TPSA) is 49.4 Å². The maximum absolute atomic E-state index is 12.3. The Balaban J connectivity index is 2.15. The highest BCUT2D eigenvalue weighted by Crippen LogP contribution is 2.27. The SMILES string of the molecule is Cc1ccccc1C1NC(C)C(=O)N1CCCS(C)=O. The van der Waals surface area contributed by atoms with Crippen LogP contribution in [0.15, 0.2) is 24.3 Å². The number of hydrogen-bond donors (Lipinski definition) is 1. The summed E-state index contributed by atoms with van der Waals surface area (Å²) in [5.74, 6) is 0.763. The molecule has 20 heavy (non-hydrogen) atoms. The average Bonchev–Trinajstić information content (AvgIpc) is 2.67. The normalized spacial score (nSPS) is 24.1. The monoisotopic (exact) mass is 294 g/mol. The lowest BCUT2D eigenvalue weighted by Crippen LogP contribution is -2.32. The van der Waals surface area contributed by atoms with Gasteiger partial charge in [0.15, 0.2) is 0 Å². The molecule has 1 amide bonds. The zero-order valence-electron chi connectivity index (χ0n) is 12.3. The van der Waals surface area contributed by atoms with Crippen LogP contribution in [-0.2, 0) is 15.6 Å². The molecule has 1 saturated heterocycles. The summed E-state index contributed by atoms with van der Waals surface area (Å²) in [5.41, 5.74) is 2.32. The Bertz CT molecular complexity index is 518. The first-order chi connectivity index (χ1) is 9.50. The molecule has 0 aliphatic carbocycles. The summed E-state index contributed by atoms with van der Waals surface area (Å²) in [6.45, 7) is 4.60. The second-order valence-corrected chi connectivity index (χ2v) is 6.86. The smallest absolute Gasteiger partial charge is 0.241 e. The van der Waals surface area contributed by atoms with Gasteiger partial charge in [-0.05, 0) is 31.4 Å². The van der Waals surface area contributed by atoms with Gasteiger partial charge < -0.3 is 4.90 Å². The van der Waals surface area contributed by atoms with Gasteiger partial charge in [0.25, 0.3) is 0 Å². The molecule has 1 heterocycles. The standard InChI is InChI=1S/C15H22N2O2S/c1-11-7-4-5-8-13(11)14-16-12(2)15(18)17(14)9-6-10-20(3)19/h4-5,7-8,12,14,16H,6,9-10H2,1-3H3. The third kappa shape index (κ3) is 3.27. The Labute approximate surface area is 123 Å². The van der Waals surface area contributed by atoms with Crippen molar-refractivity contribution in [3.05, 3.63) is 35.4 Å². The van der Waals surface area contributed by atoms with Gasteiger partial charge in [0, 0.05) is 29.4 Å². The lowest BCUT2D eigenvalue weighted by Gasteiger charge is -2.25. The molecule has 0 saturated carbocycles. The Morgan fingerprint density at radius 2 is 2.05 bits per heavy atom. The molecule has 1 fully saturated rings. The van der Waals surface area contributed by atoms with Crippen LogP contribution in [0.4, 0.5) is 0 Å². The van der Waals surface area contributed by atoms with Gasteiger partial charge in [-0.15, -0.1) is 0 Å². The van der Waals surface area contributed by atoms with Gasteiger partial charge in [0.05, 0.1) is 6.04 Å². The minimum absolute atomic E-state index is 0.0657. The van der Waals surface area contributed by atoms with Gasteiger partial charge >= 0.3 is 0 Å². The Kier molecular flexibility index (Phi) is 4.94. The van der Waals surface area contributed by atoms with E-state index in [1.165, 1.54) is 5.56 Å². The first-order valence-electron chi connectivity index (χ1n) is 6.93. The molecule has 0 bridgehead atoms. The fraction of sp³-hybridized carbons (Fsp3) is 0.533. The van der Waals surface area contributed by atoms with Crippen LogP contribution < -0.4 is 5.32 Å². The number of amides is 1. The maximum Gasteiger partial charge on any atom is 0.241 e. The number of carbonyl (C=O) groups is 1. The molecule has 0 spiro atoms. The zero-order valence-corrected chi connectivity index (χ0v) is 13.1. The molecule has 3 atom stereocenters. The number of rotatable bonds is 5. The van der Waals surface area contributed by atoms with Crippen LogP contribution in [0.2, 0.25) is 0 Å². The summed E-state index contributed by atoms with van der Waals surface area (Å²) >= 11 is 0. The highest BCUT2D eigenvalue weighted by Gasteiger charge is 2.37. The molecule has 1 aromatic rings. The first-order valence-corrected chi connectivity index (χ1v) is 8.65. The summed E-state index contributed by atoms with van der Waals surface area (Å²) in [6.07, 6.45) is 2.40. The molecule has 1 aliphatic rings. The summed E-state index contributed by atoms with van der Waals surface area (Å²) in [7, 11) is -0.804. The third-order valence-corrected chi connectivity index (χ3v) is 4.55. The van der Waals surface area contributed by atoms with E-state index in [4.69, 9.17) is 0 Å². The molecular formula is C15H22N2O2S. The summed E-state index contributed by atoms with van der Waals surface area (Å²) in [6, 6.07) is 7.96. The predicted molar refractivity (Wildman–Crippen MR) is 81.8 cm³/mol. The highest BCUT2D eigenvalue weighted by molar-refractivity contribution is 7.84. The van der Waals surface area contributed by atoms with Crippen molar-refractivity contribution in [3.63, 3.8) is 0 Å². The van der Waals surface area contributed by atoms with Crippen LogP contribution in [0.25, 0.3) is 0 Å². The molecule has 5 heteroatoms. The van der Waals surface area contributed by atoms with Gasteiger partial charge in [-0.1, -0.05) is 24.3 Å². The molecular weight excluding hydrogens is 272 g/mol. The van der Waals surface area contributed by atoms with Crippen molar-refractivity contribution in [2.45, 2.75) is 32.5 Å². The van der Waals surface area contributed by atoms with Crippen LogP contribution in [0.1, 0.15) is 30.6 Å². The van der Waals surface area contributed by atoms with Crippen LogP contribution in [-0.4, -0.2) is 39.6 Å². The van der Waals surface area contributed by atoms with Gasteiger partial charge in [0.2, 0.25) is 5.91 Å². The molecule has 0 aromatic heterocycles. The second-order valence-electron chi connectivity index (χ2n) is 5.31. The fourth-order valence-corrected chi connectivity index (χ4v) is 3.14. The number of hydrogen-bond acceptors (Lipinski definition) is 3. The quantitative estimate of drug-likeness (QED) is 0.897. The second kappa shape index (κ2) is 6.50. The number of carbonyl (C=O) groups excluding carboxylic acids is 1. The lowest BCUT2D eigenvalue weighted by atomic mass is 10.1. The van der Waals surface area contributed by atoms with E-state index in [9.17, 15) is 9.00 Å². The van der Waals surface area contributed by atoms with E-state index in [0.29, 0.717) is 12.3 Å². The summed E-state index contributed by atoms with van der Waals surface area (Å²) in [4.78, 5) is 14.1. The Morgan fingerprint density at radius 3 is 2.70 bits per heavy atom. The molecule has 4 nitrogen and oxygen atoms in total. The maximum atomic E-state index is 12.3. The van der Waals surface area contributed by atoms with Crippen LogP contribution >= 0.6 is 0 Å². The van der Waals surface area contributed by atoms with Gasteiger partial charge in [-0.25, -0.2) is 0 Å². The predicted octanol–water partition coefficient (Wildman–Crippen LogP) is 1.58. The highest BCUT2D eigenvalue weighted by atomic mass is 32.2. The largest absolute Gasteiger partial charge is 0.322 e. The van der Waals surface area contributed by atoms with E-state index >= 15 is 0 Å². The van der Waals surface area contributed by atoms with E-state index in [1.807, 2.05) is 24.0 Å². The van der Waals surface area contributed by atoms with Gasteiger partial charge in [-0.2, -0.15) is 0 Å². The average molecular weight is 294 g/mol. The zero-order chi connectivity index (χ0) is 14.7. The molecule has 1 aliphatic heterocycles. The molecule has 1 N–H and O–H groups in total. The number of nitrogens with one attached hydrogen (secondary N) is 1. The van der Waals surface area contributed by atoms with E-state index in [-0.39, 0.29) is 18.1 Å². The van der Waals surface area contributed by atoms with Crippen LogP contribution in [0.3, 0.4) is 0 Å². The summed E-state index contributed by atoms with van der Waals surface area (Å²) < 4.78 is 11.2.